The quantitative estimate of drug-likeness (QED) is 0.786. The molecular formula is C20H18F3N5. The Balaban J connectivity index is 2.26. The largest absolute Gasteiger partial charge is 0.432 e. The molecule has 1 aliphatic rings. The highest BCUT2D eigenvalue weighted by molar-refractivity contribution is 5.82. The third-order valence-corrected chi connectivity index (χ3v) is 4.86. The van der Waals surface area contributed by atoms with Gasteiger partial charge in [0.15, 0.2) is 0 Å². The SMILES string of the molecule is CCCCC1=C(C#N)C(c2ccc3[nH]nc(C)c3c2)C(C#N)=C(C(F)(F)F)N1. The number of rotatable bonds is 4. The number of alkyl halides is 3. The molecule has 0 saturated carbocycles. The number of unbranched alkanes of at least 4 members (excludes halogenated alkanes) is 1. The molecule has 2 N–H and O–H groups in total. The average molecular weight is 385 g/mol. The van der Waals surface area contributed by atoms with Crippen molar-refractivity contribution in [2.45, 2.75) is 45.2 Å². The molecule has 3 rings (SSSR count). The second-order valence-corrected chi connectivity index (χ2v) is 6.68. The molecule has 0 amide bonds. The molecule has 28 heavy (non-hydrogen) atoms. The smallest absolute Gasteiger partial charge is 0.353 e. The van der Waals surface area contributed by atoms with Gasteiger partial charge in [0.25, 0.3) is 0 Å². The van der Waals surface area contributed by atoms with Crippen LogP contribution in [0.2, 0.25) is 0 Å². The second kappa shape index (κ2) is 7.40. The number of benzene rings is 1. The standard InChI is InChI=1S/C20H18F3N5/c1-3-4-5-16-14(9-24)18(15(10-25)19(26-16)20(21,22)23)12-6-7-17-13(8-12)11(2)27-28-17/h6-8,18,26H,3-5H2,1-2H3,(H,27,28). The highest BCUT2D eigenvalue weighted by Gasteiger charge is 2.43. The van der Waals surface area contributed by atoms with E-state index in [9.17, 15) is 23.7 Å². The Kier molecular flexibility index (Phi) is 5.15. The Morgan fingerprint density at radius 3 is 2.50 bits per heavy atom. The number of fused-ring (bicyclic) bond motifs is 1. The fraction of sp³-hybridized carbons (Fsp3) is 0.350. The maximum absolute atomic E-state index is 13.7. The van der Waals surface area contributed by atoms with Crippen molar-refractivity contribution in [3.63, 3.8) is 0 Å². The molecule has 0 radical (unpaired) electrons. The summed E-state index contributed by atoms with van der Waals surface area (Å²) in [6, 6.07) is 8.78. The first-order valence-corrected chi connectivity index (χ1v) is 8.88. The minimum absolute atomic E-state index is 0.151. The van der Waals surface area contributed by atoms with E-state index in [2.05, 4.69) is 15.5 Å². The number of dihydropyridines is 1. The number of aryl methyl sites for hydroxylation is 1. The second-order valence-electron chi connectivity index (χ2n) is 6.68. The van der Waals surface area contributed by atoms with E-state index >= 15 is 0 Å². The topological polar surface area (TPSA) is 88.3 Å². The number of H-pyrrole nitrogens is 1. The minimum Gasteiger partial charge on any atom is -0.353 e. The highest BCUT2D eigenvalue weighted by Crippen LogP contribution is 2.43. The zero-order chi connectivity index (χ0) is 20.5. The molecule has 144 valence electrons. The van der Waals surface area contributed by atoms with Crippen LogP contribution in [0.15, 0.2) is 40.7 Å². The number of nitriles is 2. The maximum atomic E-state index is 13.7. The van der Waals surface area contributed by atoms with Crippen LogP contribution in [0.5, 0.6) is 0 Å². The fourth-order valence-electron chi connectivity index (χ4n) is 3.45. The fourth-order valence-corrected chi connectivity index (χ4v) is 3.45. The molecule has 1 aliphatic heterocycles. The molecule has 0 bridgehead atoms. The van der Waals surface area contributed by atoms with Crippen LogP contribution in [0, 0.1) is 29.6 Å². The number of aromatic amines is 1. The zero-order valence-corrected chi connectivity index (χ0v) is 15.4. The summed E-state index contributed by atoms with van der Waals surface area (Å²) in [5.41, 5.74) is 0.685. The third-order valence-electron chi connectivity index (χ3n) is 4.86. The molecule has 5 nitrogen and oxygen atoms in total. The highest BCUT2D eigenvalue weighted by atomic mass is 19.4. The monoisotopic (exact) mass is 385 g/mol. The summed E-state index contributed by atoms with van der Waals surface area (Å²) in [5.74, 6) is -1.07. The molecule has 1 unspecified atom stereocenters. The number of nitrogens with zero attached hydrogens (tertiary/aromatic N) is 3. The van der Waals surface area contributed by atoms with Crippen LogP contribution in [-0.4, -0.2) is 16.4 Å². The van der Waals surface area contributed by atoms with Crippen molar-refractivity contribution in [2.75, 3.05) is 0 Å². The van der Waals surface area contributed by atoms with Crippen molar-refractivity contribution in [3.8, 4) is 12.1 Å². The van der Waals surface area contributed by atoms with Crippen molar-refractivity contribution in [3.05, 3.63) is 52.0 Å². The molecule has 0 saturated heterocycles. The van der Waals surface area contributed by atoms with E-state index in [1.807, 2.05) is 13.0 Å². The number of allylic oxidation sites excluding steroid dienone is 4. The van der Waals surface area contributed by atoms with Gasteiger partial charge in [0.05, 0.1) is 40.4 Å². The van der Waals surface area contributed by atoms with Crippen LogP contribution in [-0.2, 0) is 0 Å². The third kappa shape index (κ3) is 3.34. The predicted molar refractivity (Wildman–Crippen MR) is 97.6 cm³/mol. The van der Waals surface area contributed by atoms with E-state index in [1.165, 1.54) is 0 Å². The number of halogens is 3. The minimum atomic E-state index is -4.72. The summed E-state index contributed by atoms with van der Waals surface area (Å²) in [5, 5.41) is 29.3. The summed E-state index contributed by atoms with van der Waals surface area (Å²) in [7, 11) is 0. The van der Waals surface area contributed by atoms with Gasteiger partial charge in [0, 0.05) is 11.1 Å². The van der Waals surface area contributed by atoms with Gasteiger partial charge < -0.3 is 5.32 Å². The van der Waals surface area contributed by atoms with Crippen LogP contribution in [0.25, 0.3) is 10.9 Å². The maximum Gasteiger partial charge on any atom is 0.432 e. The number of nitrogens with one attached hydrogen (secondary N) is 2. The molecule has 1 atom stereocenters. The molecule has 2 heterocycles. The first-order chi connectivity index (χ1) is 13.3. The van der Waals surface area contributed by atoms with E-state index in [0.717, 1.165) is 17.3 Å². The molecule has 0 aliphatic carbocycles. The summed E-state index contributed by atoms with van der Waals surface area (Å²) < 4.78 is 41.0. The van der Waals surface area contributed by atoms with Gasteiger partial charge in [-0.1, -0.05) is 19.4 Å². The van der Waals surface area contributed by atoms with Crippen molar-refractivity contribution in [1.29, 1.82) is 10.5 Å². The van der Waals surface area contributed by atoms with Gasteiger partial charge in [-0.05, 0) is 37.5 Å². The summed E-state index contributed by atoms with van der Waals surface area (Å²) >= 11 is 0. The van der Waals surface area contributed by atoms with Gasteiger partial charge >= 0.3 is 6.18 Å². The lowest BCUT2D eigenvalue weighted by atomic mass is 9.80. The Morgan fingerprint density at radius 1 is 1.18 bits per heavy atom. The van der Waals surface area contributed by atoms with Gasteiger partial charge in [-0.25, -0.2) is 0 Å². The van der Waals surface area contributed by atoms with E-state index in [0.29, 0.717) is 24.1 Å². The van der Waals surface area contributed by atoms with Gasteiger partial charge in [0.1, 0.15) is 5.70 Å². The molecule has 1 aromatic carbocycles. The van der Waals surface area contributed by atoms with Crippen LogP contribution in [0.4, 0.5) is 13.2 Å². The normalized spacial score (nSPS) is 17.5. The van der Waals surface area contributed by atoms with Crippen LogP contribution >= 0.6 is 0 Å². The summed E-state index contributed by atoms with van der Waals surface area (Å²) in [6.07, 6.45) is -3.02. The van der Waals surface area contributed by atoms with Gasteiger partial charge in [-0.3, -0.25) is 5.10 Å². The van der Waals surface area contributed by atoms with Gasteiger partial charge in [-0.15, -0.1) is 0 Å². The molecule has 0 spiro atoms. The van der Waals surface area contributed by atoms with E-state index in [4.69, 9.17) is 0 Å². The average Bonchev–Trinajstić information content (AvgIpc) is 3.04. The zero-order valence-electron chi connectivity index (χ0n) is 15.4. The van der Waals surface area contributed by atoms with Crippen molar-refractivity contribution in [1.82, 2.24) is 15.5 Å². The number of hydrogen-bond acceptors (Lipinski definition) is 4. The Hall–Kier alpha value is -3.26. The lowest BCUT2D eigenvalue weighted by Crippen LogP contribution is -2.34. The number of hydrogen-bond donors (Lipinski definition) is 2. The van der Waals surface area contributed by atoms with Gasteiger partial charge in [-0.2, -0.15) is 28.8 Å². The van der Waals surface area contributed by atoms with Crippen molar-refractivity contribution in [2.24, 2.45) is 0 Å². The van der Waals surface area contributed by atoms with Crippen LogP contribution in [0.1, 0.15) is 43.4 Å². The molecular weight excluding hydrogens is 367 g/mol. The lowest BCUT2D eigenvalue weighted by Gasteiger charge is -2.30. The Bertz CT molecular complexity index is 1060. The molecule has 0 fully saturated rings. The van der Waals surface area contributed by atoms with Gasteiger partial charge in [0.2, 0.25) is 0 Å². The molecule has 8 heteroatoms. The Labute approximate surface area is 160 Å². The summed E-state index contributed by atoms with van der Waals surface area (Å²) in [6.45, 7) is 3.70. The lowest BCUT2D eigenvalue weighted by molar-refractivity contribution is -0.0970. The number of aromatic nitrogens is 2. The van der Waals surface area contributed by atoms with E-state index < -0.39 is 23.4 Å². The van der Waals surface area contributed by atoms with Crippen LogP contribution in [0.3, 0.4) is 0 Å². The van der Waals surface area contributed by atoms with Crippen molar-refractivity contribution < 1.29 is 13.2 Å². The molecule has 1 aromatic heterocycles. The van der Waals surface area contributed by atoms with E-state index in [-0.39, 0.29) is 11.3 Å². The molecule has 2 aromatic rings. The predicted octanol–water partition coefficient (Wildman–Crippen LogP) is 4.87. The Morgan fingerprint density at radius 2 is 1.89 bits per heavy atom. The van der Waals surface area contributed by atoms with Crippen LogP contribution < -0.4 is 5.32 Å². The first kappa shape index (κ1) is 19.5. The van der Waals surface area contributed by atoms with E-state index in [1.54, 1.807) is 31.2 Å². The summed E-state index contributed by atoms with van der Waals surface area (Å²) in [4.78, 5) is 0. The first-order valence-electron chi connectivity index (χ1n) is 8.88. The van der Waals surface area contributed by atoms with Crippen molar-refractivity contribution >= 4 is 10.9 Å².